The zero-order valence-electron chi connectivity index (χ0n) is 9.76. The fourth-order valence-corrected chi connectivity index (χ4v) is 2.20. The fraction of sp³-hybridized carbons (Fsp3) is 0.300. The van der Waals surface area contributed by atoms with Crippen LogP contribution in [-0.4, -0.2) is 33.4 Å². The SMILES string of the molecule is Cc1ccc2c(c1)OS(=O)(=O)N=C(N(C)C)N2. The fourth-order valence-electron chi connectivity index (χ4n) is 1.38. The minimum atomic E-state index is -3.96. The van der Waals surface area contributed by atoms with Gasteiger partial charge in [0.2, 0.25) is 5.96 Å². The molecule has 0 fully saturated rings. The molecule has 0 spiro atoms. The Labute approximate surface area is 100 Å². The van der Waals surface area contributed by atoms with Crippen LogP contribution in [0.5, 0.6) is 5.75 Å². The second-order valence-electron chi connectivity index (χ2n) is 3.94. The van der Waals surface area contributed by atoms with Gasteiger partial charge in [0.15, 0.2) is 5.75 Å². The topological polar surface area (TPSA) is 71.0 Å². The number of anilines is 1. The second kappa shape index (κ2) is 3.92. The van der Waals surface area contributed by atoms with Gasteiger partial charge in [-0.1, -0.05) is 10.5 Å². The number of nitrogens with one attached hydrogen (secondary N) is 1. The second-order valence-corrected chi connectivity index (χ2v) is 5.15. The highest BCUT2D eigenvalue weighted by atomic mass is 32.2. The molecule has 2 rings (SSSR count). The van der Waals surface area contributed by atoms with E-state index in [2.05, 4.69) is 9.71 Å². The Kier molecular flexibility index (Phi) is 2.70. The number of rotatable bonds is 0. The van der Waals surface area contributed by atoms with Gasteiger partial charge < -0.3 is 14.4 Å². The van der Waals surface area contributed by atoms with Crippen LogP contribution in [0.1, 0.15) is 5.56 Å². The van der Waals surface area contributed by atoms with Crippen molar-refractivity contribution in [1.29, 1.82) is 0 Å². The molecule has 0 bridgehead atoms. The minimum absolute atomic E-state index is 0.215. The van der Waals surface area contributed by atoms with E-state index in [0.717, 1.165) is 5.56 Å². The largest absolute Gasteiger partial charge is 0.431 e. The van der Waals surface area contributed by atoms with Crippen LogP contribution >= 0.6 is 0 Å². The van der Waals surface area contributed by atoms with Crippen molar-refractivity contribution in [3.63, 3.8) is 0 Å². The predicted molar refractivity (Wildman–Crippen MR) is 65.5 cm³/mol. The number of guanidine groups is 1. The summed E-state index contributed by atoms with van der Waals surface area (Å²) in [6.07, 6.45) is 0. The van der Waals surface area contributed by atoms with Crippen molar-refractivity contribution in [2.45, 2.75) is 6.92 Å². The summed E-state index contributed by atoms with van der Waals surface area (Å²) in [6, 6.07) is 5.26. The average molecular weight is 255 g/mol. The van der Waals surface area contributed by atoms with Gasteiger partial charge in [0, 0.05) is 14.1 Å². The van der Waals surface area contributed by atoms with E-state index in [9.17, 15) is 8.42 Å². The summed E-state index contributed by atoms with van der Waals surface area (Å²) >= 11 is 0. The van der Waals surface area contributed by atoms with Crippen LogP contribution in [0, 0.1) is 6.92 Å². The van der Waals surface area contributed by atoms with Crippen LogP contribution in [0.3, 0.4) is 0 Å². The van der Waals surface area contributed by atoms with Crippen LogP contribution in [0.15, 0.2) is 22.6 Å². The van der Waals surface area contributed by atoms with Gasteiger partial charge in [-0.25, -0.2) is 0 Å². The van der Waals surface area contributed by atoms with Crippen LogP contribution in [0.4, 0.5) is 5.69 Å². The molecule has 0 aromatic heterocycles. The molecular formula is C10H13N3O3S. The molecule has 0 aliphatic carbocycles. The average Bonchev–Trinajstić information content (AvgIpc) is 2.32. The Morgan fingerprint density at radius 1 is 1.35 bits per heavy atom. The lowest BCUT2D eigenvalue weighted by atomic mass is 10.2. The summed E-state index contributed by atoms with van der Waals surface area (Å²) in [6.45, 7) is 1.86. The van der Waals surface area contributed by atoms with E-state index in [1.165, 1.54) is 0 Å². The van der Waals surface area contributed by atoms with Crippen LogP contribution in [0.25, 0.3) is 0 Å². The molecule has 92 valence electrons. The first-order valence-electron chi connectivity index (χ1n) is 4.97. The van der Waals surface area contributed by atoms with E-state index in [0.29, 0.717) is 5.69 Å². The van der Waals surface area contributed by atoms with Gasteiger partial charge in [-0.15, -0.1) is 0 Å². The Bertz CT molecular complexity index is 578. The molecule has 1 N–H and O–H groups in total. The number of fused-ring (bicyclic) bond motifs is 1. The molecular weight excluding hydrogens is 242 g/mol. The number of nitrogens with zero attached hydrogens (tertiary/aromatic N) is 2. The highest BCUT2D eigenvalue weighted by Gasteiger charge is 2.22. The Hall–Kier alpha value is -1.76. The van der Waals surface area contributed by atoms with Crippen molar-refractivity contribution in [3.8, 4) is 5.75 Å². The number of hydrogen-bond acceptors (Lipinski definition) is 5. The third-order valence-corrected chi connectivity index (χ3v) is 2.99. The van der Waals surface area contributed by atoms with Crippen molar-refractivity contribution in [2.24, 2.45) is 4.40 Å². The Balaban J connectivity index is 2.55. The molecule has 0 unspecified atom stereocenters. The molecule has 7 heteroatoms. The molecule has 1 aromatic rings. The number of aryl methyl sites for hydroxylation is 1. The smallest absolute Gasteiger partial charge is 0.363 e. The van der Waals surface area contributed by atoms with Gasteiger partial charge >= 0.3 is 10.3 Å². The Morgan fingerprint density at radius 2 is 2.06 bits per heavy atom. The van der Waals surface area contributed by atoms with Gasteiger partial charge in [-0.05, 0) is 24.6 Å². The molecule has 0 amide bonds. The number of benzene rings is 1. The molecule has 1 aliphatic rings. The molecule has 0 saturated heterocycles. The first kappa shape index (κ1) is 11.7. The van der Waals surface area contributed by atoms with E-state index in [4.69, 9.17) is 4.18 Å². The standard InChI is InChI=1S/C10H13N3O3S/c1-7-4-5-8-9(6-7)16-17(14,15)12-10(11-8)13(2)3/h4-6H,1-3H3,(H,11,12). The van der Waals surface area contributed by atoms with Crippen molar-refractivity contribution in [3.05, 3.63) is 23.8 Å². The molecule has 0 atom stereocenters. The third kappa shape index (κ3) is 2.50. The maximum atomic E-state index is 11.6. The third-order valence-electron chi connectivity index (χ3n) is 2.20. The normalized spacial score (nSPS) is 17.0. The zero-order chi connectivity index (χ0) is 12.6. The van der Waals surface area contributed by atoms with Gasteiger partial charge in [0.1, 0.15) is 0 Å². The van der Waals surface area contributed by atoms with Crippen molar-refractivity contribution < 1.29 is 12.6 Å². The van der Waals surface area contributed by atoms with Gasteiger partial charge in [0.25, 0.3) is 0 Å². The van der Waals surface area contributed by atoms with E-state index in [-0.39, 0.29) is 11.7 Å². The summed E-state index contributed by atoms with van der Waals surface area (Å²) in [4.78, 5) is 1.57. The molecule has 1 aliphatic heterocycles. The maximum Gasteiger partial charge on any atom is 0.431 e. The number of hydrogen-bond donors (Lipinski definition) is 1. The quantitative estimate of drug-likeness (QED) is 0.747. The van der Waals surface area contributed by atoms with E-state index in [1.54, 1.807) is 31.1 Å². The van der Waals surface area contributed by atoms with Crippen molar-refractivity contribution >= 4 is 22.0 Å². The first-order chi connectivity index (χ1) is 7.87. The van der Waals surface area contributed by atoms with Gasteiger partial charge in [-0.2, -0.15) is 8.42 Å². The zero-order valence-corrected chi connectivity index (χ0v) is 10.6. The van der Waals surface area contributed by atoms with Gasteiger partial charge in [0.05, 0.1) is 5.69 Å². The monoisotopic (exact) mass is 255 g/mol. The minimum Gasteiger partial charge on any atom is -0.363 e. The molecule has 0 radical (unpaired) electrons. The predicted octanol–water partition coefficient (Wildman–Crippen LogP) is 0.962. The maximum absolute atomic E-state index is 11.6. The van der Waals surface area contributed by atoms with Crippen LogP contribution in [-0.2, 0) is 10.3 Å². The lowest BCUT2D eigenvalue weighted by Crippen LogP contribution is -2.29. The van der Waals surface area contributed by atoms with Gasteiger partial charge in [-0.3, -0.25) is 0 Å². The first-order valence-corrected chi connectivity index (χ1v) is 6.33. The summed E-state index contributed by atoms with van der Waals surface area (Å²) < 4.78 is 31.6. The molecule has 0 saturated carbocycles. The molecule has 1 aromatic carbocycles. The molecule has 1 heterocycles. The van der Waals surface area contributed by atoms with Crippen molar-refractivity contribution in [2.75, 3.05) is 19.4 Å². The molecule has 17 heavy (non-hydrogen) atoms. The van der Waals surface area contributed by atoms with E-state index < -0.39 is 10.3 Å². The van der Waals surface area contributed by atoms with E-state index >= 15 is 0 Å². The van der Waals surface area contributed by atoms with E-state index in [1.807, 2.05) is 13.0 Å². The summed E-state index contributed by atoms with van der Waals surface area (Å²) in [5, 5.41) is 2.91. The lowest BCUT2D eigenvalue weighted by Gasteiger charge is -2.14. The highest BCUT2D eigenvalue weighted by molar-refractivity contribution is 7.85. The van der Waals surface area contributed by atoms with Crippen molar-refractivity contribution in [1.82, 2.24) is 4.90 Å². The van der Waals surface area contributed by atoms with Crippen LogP contribution < -0.4 is 9.50 Å². The lowest BCUT2D eigenvalue weighted by molar-refractivity contribution is 0.489. The highest BCUT2D eigenvalue weighted by Crippen LogP contribution is 2.29. The summed E-state index contributed by atoms with van der Waals surface area (Å²) in [5.74, 6) is 0.471. The Morgan fingerprint density at radius 3 is 2.71 bits per heavy atom. The summed E-state index contributed by atoms with van der Waals surface area (Å²) in [7, 11) is -0.570. The summed E-state index contributed by atoms with van der Waals surface area (Å²) in [5.41, 5.74) is 1.48. The molecule has 6 nitrogen and oxygen atoms in total. The van der Waals surface area contributed by atoms with Crippen LogP contribution in [0.2, 0.25) is 0 Å².